The van der Waals surface area contributed by atoms with Crippen molar-refractivity contribution < 1.29 is 5.11 Å². The second-order valence-electron chi connectivity index (χ2n) is 4.69. The van der Waals surface area contributed by atoms with Gasteiger partial charge in [-0.15, -0.1) is 0 Å². The third-order valence-electron chi connectivity index (χ3n) is 3.00. The Morgan fingerprint density at radius 3 is 2.58 bits per heavy atom. The fourth-order valence-electron chi connectivity index (χ4n) is 1.98. The summed E-state index contributed by atoms with van der Waals surface area (Å²) >= 11 is 5.82. The van der Waals surface area contributed by atoms with Gasteiger partial charge in [0.05, 0.1) is 6.10 Å². The normalized spacial score (nSPS) is 12.4. The summed E-state index contributed by atoms with van der Waals surface area (Å²) in [6.07, 6.45) is -0.512. The van der Waals surface area contributed by atoms with E-state index in [1.165, 1.54) is 11.1 Å². The molecule has 3 heteroatoms. The second kappa shape index (κ2) is 6.71. The van der Waals surface area contributed by atoms with Crippen LogP contribution in [0.15, 0.2) is 48.5 Å². The first-order valence-electron chi connectivity index (χ1n) is 6.35. The average molecular weight is 276 g/mol. The van der Waals surface area contributed by atoms with Crippen LogP contribution >= 0.6 is 11.6 Å². The minimum absolute atomic E-state index is 0.512. The van der Waals surface area contributed by atoms with Crippen LogP contribution in [-0.2, 0) is 6.54 Å². The molecular weight excluding hydrogens is 258 g/mol. The van der Waals surface area contributed by atoms with Gasteiger partial charge < -0.3 is 10.4 Å². The maximum absolute atomic E-state index is 10.0. The molecule has 0 heterocycles. The number of hydrogen-bond donors (Lipinski definition) is 2. The molecule has 2 N–H and O–H groups in total. The van der Waals surface area contributed by atoms with Crippen molar-refractivity contribution in [3.8, 4) is 0 Å². The molecule has 0 aliphatic carbocycles. The molecule has 0 aliphatic heterocycles. The molecule has 2 rings (SSSR count). The highest BCUT2D eigenvalue weighted by Crippen LogP contribution is 2.15. The first-order valence-corrected chi connectivity index (χ1v) is 6.73. The molecular formula is C16H18ClNO. The minimum Gasteiger partial charge on any atom is -0.387 e. The van der Waals surface area contributed by atoms with Gasteiger partial charge in [-0.1, -0.05) is 53.6 Å². The molecule has 0 amide bonds. The van der Waals surface area contributed by atoms with Crippen LogP contribution in [0.1, 0.15) is 22.8 Å². The third kappa shape index (κ3) is 4.35. The van der Waals surface area contributed by atoms with Crippen LogP contribution in [0.3, 0.4) is 0 Å². The summed E-state index contributed by atoms with van der Waals surface area (Å²) in [4.78, 5) is 0. The van der Waals surface area contributed by atoms with Crippen LogP contribution in [0.2, 0.25) is 5.02 Å². The van der Waals surface area contributed by atoms with Crippen molar-refractivity contribution in [1.29, 1.82) is 0 Å². The van der Waals surface area contributed by atoms with E-state index in [2.05, 4.69) is 30.4 Å². The zero-order chi connectivity index (χ0) is 13.7. The smallest absolute Gasteiger partial charge is 0.0914 e. The molecule has 0 saturated carbocycles. The summed E-state index contributed by atoms with van der Waals surface area (Å²) < 4.78 is 0. The number of hydrogen-bond acceptors (Lipinski definition) is 2. The number of rotatable bonds is 5. The predicted molar refractivity (Wildman–Crippen MR) is 79.3 cm³/mol. The molecule has 0 aromatic heterocycles. The van der Waals surface area contributed by atoms with Crippen molar-refractivity contribution in [1.82, 2.24) is 5.32 Å². The highest BCUT2D eigenvalue weighted by molar-refractivity contribution is 6.30. The van der Waals surface area contributed by atoms with E-state index in [4.69, 9.17) is 11.6 Å². The van der Waals surface area contributed by atoms with Crippen LogP contribution in [0.4, 0.5) is 0 Å². The lowest BCUT2D eigenvalue weighted by Gasteiger charge is -2.12. The third-order valence-corrected chi connectivity index (χ3v) is 3.26. The van der Waals surface area contributed by atoms with Gasteiger partial charge in [-0.25, -0.2) is 0 Å². The Morgan fingerprint density at radius 2 is 1.89 bits per heavy atom. The Morgan fingerprint density at radius 1 is 1.16 bits per heavy atom. The van der Waals surface area contributed by atoms with Gasteiger partial charge in [0, 0.05) is 18.1 Å². The Kier molecular flexibility index (Phi) is 4.97. The Bertz CT molecular complexity index is 525. The van der Waals surface area contributed by atoms with Crippen molar-refractivity contribution in [2.24, 2.45) is 0 Å². The second-order valence-corrected chi connectivity index (χ2v) is 5.12. The molecule has 0 spiro atoms. The van der Waals surface area contributed by atoms with Gasteiger partial charge in [0.15, 0.2) is 0 Å². The van der Waals surface area contributed by atoms with Crippen LogP contribution in [-0.4, -0.2) is 11.7 Å². The predicted octanol–water partition coefficient (Wildman–Crippen LogP) is 3.47. The average Bonchev–Trinajstić information content (AvgIpc) is 2.39. The number of benzene rings is 2. The highest BCUT2D eigenvalue weighted by Gasteiger charge is 2.06. The quantitative estimate of drug-likeness (QED) is 0.876. The molecule has 0 aliphatic rings. The fourth-order valence-corrected chi connectivity index (χ4v) is 2.10. The van der Waals surface area contributed by atoms with E-state index in [0.29, 0.717) is 11.6 Å². The molecule has 0 bridgehead atoms. The molecule has 1 atom stereocenters. The monoisotopic (exact) mass is 275 g/mol. The summed E-state index contributed by atoms with van der Waals surface area (Å²) in [6.45, 7) is 3.36. The lowest BCUT2D eigenvalue weighted by atomic mass is 10.1. The first kappa shape index (κ1) is 14.1. The van der Waals surface area contributed by atoms with E-state index in [-0.39, 0.29) is 0 Å². The van der Waals surface area contributed by atoms with Gasteiger partial charge in [0.2, 0.25) is 0 Å². The number of aliphatic hydroxyl groups is 1. The Hall–Kier alpha value is -1.35. The van der Waals surface area contributed by atoms with E-state index in [0.717, 1.165) is 12.1 Å². The topological polar surface area (TPSA) is 32.3 Å². The van der Waals surface area contributed by atoms with Crippen LogP contribution < -0.4 is 5.32 Å². The van der Waals surface area contributed by atoms with Crippen molar-refractivity contribution in [2.75, 3.05) is 6.54 Å². The lowest BCUT2D eigenvalue weighted by Crippen LogP contribution is -2.21. The molecule has 2 aromatic rings. The van der Waals surface area contributed by atoms with E-state index < -0.39 is 6.10 Å². The van der Waals surface area contributed by atoms with Crippen LogP contribution in [0.25, 0.3) is 0 Å². The lowest BCUT2D eigenvalue weighted by molar-refractivity contribution is 0.174. The van der Waals surface area contributed by atoms with Gasteiger partial charge in [-0.3, -0.25) is 0 Å². The zero-order valence-electron chi connectivity index (χ0n) is 10.9. The summed E-state index contributed by atoms with van der Waals surface area (Å²) in [6, 6.07) is 15.6. The largest absolute Gasteiger partial charge is 0.387 e. The summed E-state index contributed by atoms with van der Waals surface area (Å²) in [5.74, 6) is 0. The molecule has 0 fully saturated rings. The van der Waals surface area contributed by atoms with Gasteiger partial charge in [-0.2, -0.15) is 0 Å². The molecule has 2 nitrogen and oxygen atoms in total. The number of aliphatic hydroxyl groups excluding tert-OH is 1. The standard InChI is InChI=1S/C16H18ClNO/c1-12-3-2-4-13(9-12)10-18-11-16(19)14-5-7-15(17)8-6-14/h2-9,16,18-19H,10-11H2,1H3. The summed E-state index contributed by atoms with van der Waals surface area (Å²) in [7, 11) is 0. The molecule has 100 valence electrons. The maximum Gasteiger partial charge on any atom is 0.0914 e. The number of nitrogens with one attached hydrogen (secondary N) is 1. The van der Waals surface area contributed by atoms with Gasteiger partial charge in [0.1, 0.15) is 0 Å². The molecule has 1 unspecified atom stereocenters. The van der Waals surface area contributed by atoms with Gasteiger partial charge >= 0.3 is 0 Å². The fraction of sp³-hybridized carbons (Fsp3) is 0.250. The van der Waals surface area contributed by atoms with Crippen molar-refractivity contribution >= 4 is 11.6 Å². The molecule has 19 heavy (non-hydrogen) atoms. The molecule has 0 radical (unpaired) electrons. The SMILES string of the molecule is Cc1cccc(CNCC(O)c2ccc(Cl)cc2)c1. The summed E-state index contributed by atoms with van der Waals surface area (Å²) in [5.41, 5.74) is 3.35. The highest BCUT2D eigenvalue weighted by atomic mass is 35.5. The van der Waals surface area contributed by atoms with Crippen molar-refractivity contribution in [3.63, 3.8) is 0 Å². The molecule has 2 aromatic carbocycles. The van der Waals surface area contributed by atoms with Crippen LogP contribution in [0, 0.1) is 6.92 Å². The summed E-state index contributed by atoms with van der Waals surface area (Å²) in [5, 5.41) is 14.0. The van der Waals surface area contributed by atoms with E-state index in [9.17, 15) is 5.11 Å². The van der Waals surface area contributed by atoms with E-state index in [1.54, 1.807) is 12.1 Å². The number of halogens is 1. The van der Waals surface area contributed by atoms with Gasteiger partial charge in [-0.05, 0) is 30.2 Å². The Balaban J connectivity index is 1.84. The zero-order valence-corrected chi connectivity index (χ0v) is 11.7. The van der Waals surface area contributed by atoms with Crippen molar-refractivity contribution in [2.45, 2.75) is 19.6 Å². The maximum atomic E-state index is 10.0. The first-order chi connectivity index (χ1) is 9.15. The minimum atomic E-state index is -0.512. The number of aryl methyl sites for hydroxylation is 1. The van der Waals surface area contributed by atoms with E-state index >= 15 is 0 Å². The van der Waals surface area contributed by atoms with Gasteiger partial charge in [0.25, 0.3) is 0 Å². The van der Waals surface area contributed by atoms with Crippen molar-refractivity contribution in [3.05, 3.63) is 70.2 Å². The molecule has 0 saturated heterocycles. The van der Waals surface area contributed by atoms with Crippen LogP contribution in [0.5, 0.6) is 0 Å². The Labute approximate surface area is 119 Å². The van der Waals surface area contributed by atoms with E-state index in [1.807, 2.05) is 18.2 Å².